The number of amides is 2. The van der Waals surface area contributed by atoms with Gasteiger partial charge in [0.2, 0.25) is 0 Å². The number of hydrogen-bond donors (Lipinski definition) is 2. The topological polar surface area (TPSA) is 149 Å². The minimum absolute atomic E-state index is 0. The van der Waals surface area contributed by atoms with Gasteiger partial charge in [0.05, 0.1) is 38.4 Å². The van der Waals surface area contributed by atoms with Crippen LogP contribution in [0.25, 0.3) is 11.7 Å². The number of quaternary nitrogens is 1. The van der Waals surface area contributed by atoms with E-state index in [1.807, 2.05) is 52.2 Å². The molecule has 1 saturated heterocycles. The second-order valence-electron chi connectivity index (χ2n) is 12.5. The van der Waals surface area contributed by atoms with Gasteiger partial charge in [-0.3, -0.25) is 24.1 Å². The number of halogens is 1. The van der Waals surface area contributed by atoms with E-state index in [-0.39, 0.29) is 52.4 Å². The number of aromatic nitrogens is 3. The molecule has 14 heteroatoms. The number of rotatable bonds is 8. The number of piperidine rings is 1. The maximum Gasteiger partial charge on any atom is 0.275 e. The fourth-order valence-corrected chi connectivity index (χ4v) is 5.59. The summed E-state index contributed by atoms with van der Waals surface area (Å²) in [5.74, 6) is -1.65. The molecule has 1 atom stereocenters. The Kier molecular flexibility index (Phi) is 10.4. The molecule has 3 aromatic rings. The average molecular weight is 632 g/mol. The maximum atomic E-state index is 13.5. The molecule has 232 valence electrons. The molecule has 2 amide bonds. The van der Waals surface area contributed by atoms with Gasteiger partial charge in [0, 0.05) is 41.7 Å². The molecule has 0 saturated carbocycles. The summed E-state index contributed by atoms with van der Waals surface area (Å²) in [6.07, 6.45) is 4.90. The highest BCUT2D eigenvalue weighted by Crippen LogP contribution is 2.27. The van der Waals surface area contributed by atoms with Crippen LogP contribution >= 0.6 is 23.7 Å². The van der Waals surface area contributed by atoms with Crippen molar-refractivity contribution >= 4 is 64.2 Å². The summed E-state index contributed by atoms with van der Waals surface area (Å²) in [5.41, 5.74) is 0.788. The quantitative estimate of drug-likeness (QED) is 0.282. The minimum Gasteiger partial charge on any atom is -0.545 e. The summed E-state index contributed by atoms with van der Waals surface area (Å²) >= 11 is 1.33. The molecule has 0 bridgehead atoms. The molecule has 1 aliphatic rings. The third kappa shape index (κ3) is 8.62. The van der Waals surface area contributed by atoms with Gasteiger partial charge in [-0.15, -0.1) is 23.7 Å². The van der Waals surface area contributed by atoms with Gasteiger partial charge in [-0.2, -0.15) is 0 Å². The number of thiazole rings is 1. The van der Waals surface area contributed by atoms with E-state index in [2.05, 4.69) is 15.6 Å². The van der Waals surface area contributed by atoms with Gasteiger partial charge in [-0.25, -0.2) is 9.97 Å². The van der Waals surface area contributed by atoms with Crippen molar-refractivity contribution in [2.24, 2.45) is 0 Å². The summed E-state index contributed by atoms with van der Waals surface area (Å²) in [4.78, 5) is 61.5. The molecule has 3 aromatic heterocycles. The first-order valence-electron chi connectivity index (χ1n) is 13.7. The first-order chi connectivity index (χ1) is 19.6. The smallest absolute Gasteiger partial charge is 0.275 e. The van der Waals surface area contributed by atoms with E-state index < -0.39 is 17.4 Å². The standard InChI is InChI=1S/C29H37N7O5S.ClH/c1-29(2,3)21-17-42-28(31-21)33-26(40)18-11-13-35-22(14-18)32-25(20(27(35)41)9-10-24(38)39)34-12-7-8-19(15-34)30-23(37)16-36(4,5)6;/h9-11,13-14,17,19H,7-8,12,15-16H2,1-6H3,(H2-,30,31,33,37,38,39,40);1H/t19-;/m1./s1. The van der Waals surface area contributed by atoms with Crippen molar-refractivity contribution in [1.29, 1.82) is 0 Å². The van der Waals surface area contributed by atoms with E-state index in [0.717, 1.165) is 24.6 Å². The monoisotopic (exact) mass is 631 g/mol. The first kappa shape index (κ1) is 33.7. The number of hydrogen-bond acceptors (Lipinski definition) is 9. The number of nitrogens with one attached hydrogen (secondary N) is 2. The minimum atomic E-state index is -1.45. The van der Waals surface area contributed by atoms with Crippen molar-refractivity contribution < 1.29 is 24.0 Å². The van der Waals surface area contributed by atoms with E-state index in [4.69, 9.17) is 4.98 Å². The Labute approximate surface area is 260 Å². The van der Waals surface area contributed by atoms with Crippen LogP contribution in [0.3, 0.4) is 0 Å². The molecule has 0 aromatic carbocycles. The lowest BCUT2D eigenvalue weighted by atomic mass is 9.93. The number of carboxylic acids is 1. The summed E-state index contributed by atoms with van der Waals surface area (Å²) < 4.78 is 1.75. The normalized spacial score (nSPS) is 15.8. The van der Waals surface area contributed by atoms with E-state index in [0.29, 0.717) is 29.2 Å². The van der Waals surface area contributed by atoms with Crippen LogP contribution in [-0.4, -0.2) is 83.5 Å². The number of fused-ring (bicyclic) bond motifs is 1. The predicted octanol–water partition coefficient (Wildman–Crippen LogP) is 1.68. The van der Waals surface area contributed by atoms with Gasteiger partial charge in [-0.1, -0.05) is 20.8 Å². The van der Waals surface area contributed by atoms with Crippen molar-refractivity contribution in [3.05, 3.63) is 57.0 Å². The third-order valence-electron chi connectivity index (χ3n) is 6.69. The van der Waals surface area contributed by atoms with Gasteiger partial charge in [-0.05, 0) is 37.1 Å². The molecule has 4 rings (SSSR count). The molecule has 0 unspecified atom stereocenters. The maximum absolute atomic E-state index is 13.5. The molecule has 43 heavy (non-hydrogen) atoms. The van der Waals surface area contributed by atoms with Crippen molar-refractivity contribution in [2.75, 3.05) is 51.0 Å². The molecule has 1 fully saturated rings. The number of anilines is 2. The Morgan fingerprint density at radius 2 is 1.93 bits per heavy atom. The highest BCUT2D eigenvalue weighted by molar-refractivity contribution is 7.14. The summed E-state index contributed by atoms with van der Waals surface area (Å²) in [6.45, 7) is 7.37. The SMILES string of the molecule is CC(C)(C)c1csc(NC(=O)c2ccn3c(=O)c(C=CC(=O)[O-])c(N4CCC[C@@H](NC(=O)C[N+](C)(C)C)C4)nc3c2)n1.Cl. The van der Waals surface area contributed by atoms with Gasteiger partial charge in [0.15, 0.2) is 11.7 Å². The van der Waals surface area contributed by atoms with Gasteiger partial charge in [0.25, 0.3) is 17.4 Å². The Bertz CT molecular complexity index is 1600. The second kappa shape index (κ2) is 13.2. The fraction of sp³-hybridized carbons (Fsp3) is 0.448. The van der Waals surface area contributed by atoms with Gasteiger partial charge < -0.3 is 24.6 Å². The summed E-state index contributed by atoms with van der Waals surface area (Å²) in [7, 11) is 5.80. The Morgan fingerprint density at radius 3 is 2.56 bits per heavy atom. The number of carbonyl (C=O) groups is 3. The van der Waals surface area contributed by atoms with Gasteiger partial charge >= 0.3 is 0 Å². The lowest BCUT2D eigenvalue weighted by Gasteiger charge is -2.35. The zero-order valence-electron chi connectivity index (χ0n) is 25.2. The Morgan fingerprint density at radius 1 is 1.21 bits per heavy atom. The van der Waals surface area contributed by atoms with Crippen LogP contribution < -0.4 is 26.2 Å². The number of carboxylic acid groups (broad SMARTS) is 1. The van der Waals surface area contributed by atoms with E-state index in [1.165, 1.54) is 40.1 Å². The molecule has 1 aliphatic heterocycles. The molecular formula is C29H38ClN7O5S. The number of aliphatic carboxylic acids is 1. The number of likely N-dealkylation sites (N-methyl/N-ethyl adjacent to an activating group) is 1. The van der Waals surface area contributed by atoms with Crippen molar-refractivity contribution in [2.45, 2.75) is 45.1 Å². The third-order valence-corrected chi connectivity index (χ3v) is 7.45. The molecule has 12 nitrogen and oxygen atoms in total. The lowest BCUT2D eigenvalue weighted by molar-refractivity contribution is -0.862. The fourth-order valence-electron chi connectivity index (χ4n) is 4.66. The summed E-state index contributed by atoms with van der Waals surface area (Å²) in [6, 6.07) is 2.83. The molecule has 4 heterocycles. The van der Waals surface area contributed by atoms with Crippen LogP contribution in [0.5, 0.6) is 0 Å². The largest absolute Gasteiger partial charge is 0.545 e. The lowest BCUT2D eigenvalue weighted by Crippen LogP contribution is -2.52. The number of nitrogens with zero attached hydrogens (tertiary/aromatic N) is 5. The molecule has 2 N–H and O–H groups in total. The second-order valence-corrected chi connectivity index (χ2v) is 13.4. The van der Waals surface area contributed by atoms with Crippen LogP contribution in [0.2, 0.25) is 0 Å². The zero-order valence-corrected chi connectivity index (χ0v) is 26.8. The highest BCUT2D eigenvalue weighted by atomic mass is 35.5. The van der Waals surface area contributed by atoms with E-state index in [9.17, 15) is 24.3 Å². The van der Waals surface area contributed by atoms with Crippen LogP contribution in [-0.2, 0) is 15.0 Å². The van der Waals surface area contributed by atoms with Crippen molar-refractivity contribution in [3.63, 3.8) is 0 Å². The molecule has 0 aliphatic carbocycles. The number of carbonyl (C=O) groups excluding carboxylic acids is 3. The van der Waals surface area contributed by atoms with E-state index in [1.54, 1.807) is 0 Å². The van der Waals surface area contributed by atoms with Gasteiger partial charge in [0.1, 0.15) is 11.5 Å². The van der Waals surface area contributed by atoms with Crippen molar-refractivity contribution in [1.82, 2.24) is 19.7 Å². The van der Waals surface area contributed by atoms with Crippen LogP contribution in [0.1, 0.15) is 55.2 Å². The summed E-state index contributed by atoms with van der Waals surface area (Å²) in [5, 5.41) is 19.5. The Balaban J connectivity index is 0.00000506. The zero-order chi connectivity index (χ0) is 30.8. The Hall–Kier alpha value is -3.81. The van der Waals surface area contributed by atoms with E-state index >= 15 is 0 Å². The average Bonchev–Trinajstić information content (AvgIpc) is 3.36. The molecule has 0 spiro atoms. The van der Waals surface area contributed by atoms with Crippen LogP contribution in [0, 0.1) is 0 Å². The van der Waals surface area contributed by atoms with Crippen molar-refractivity contribution in [3.8, 4) is 0 Å². The highest BCUT2D eigenvalue weighted by Gasteiger charge is 2.27. The number of pyridine rings is 1. The molecule has 0 radical (unpaired) electrons. The van der Waals surface area contributed by atoms with Crippen LogP contribution in [0.4, 0.5) is 10.9 Å². The first-order valence-corrected chi connectivity index (χ1v) is 14.6. The predicted molar refractivity (Wildman–Crippen MR) is 168 cm³/mol. The molecular weight excluding hydrogens is 594 g/mol. The van der Waals surface area contributed by atoms with Crippen LogP contribution in [0.15, 0.2) is 34.6 Å².